The predicted molar refractivity (Wildman–Crippen MR) is 45.2 cm³/mol. The van der Waals surface area contributed by atoms with Crippen molar-refractivity contribution in [3.63, 3.8) is 0 Å². The van der Waals surface area contributed by atoms with Crippen molar-refractivity contribution in [1.29, 1.82) is 0 Å². The molecule has 1 aromatic rings. The average Bonchev–Trinajstić information content (AvgIpc) is 2.55. The van der Waals surface area contributed by atoms with Gasteiger partial charge in [-0.1, -0.05) is 30.3 Å². The second-order valence-corrected chi connectivity index (χ2v) is 3.41. The van der Waals surface area contributed by atoms with Crippen LogP contribution < -0.4 is 0 Å². The van der Waals surface area contributed by atoms with Crippen LogP contribution in [-0.2, 0) is 19.2 Å². The third-order valence-corrected chi connectivity index (χ3v) is 2.40. The van der Waals surface area contributed by atoms with Crippen LogP contribution in [0.5, 0.6) is 0 Å². The third-order valence-electron chi connectivity index (χ3n) is 1.58. The lowest BCUT2D eigenvalue weighted by Crippen LogP contribution is -2.17. The Balaban J connectivity index is 2.29. The van der Waals surface area contributed by atoms with Crippen LogP contribution >= 0.6 is 15.9 Å². The van der Waals surface area contributed by atoms with Gasteiger partial charge in [-0.25, -0.2) is 4.89 Å². The van der Waals surface area contributed by atoms with E-state index in [4.69, 9.17) is 9.62 Å². The predicted octanol–water partition coefficient (Wildman–Crippen LogP) is 2.13. The van der Waals surface area contributed by atoms with E-state index in [0.29, 0.717) is 0 Å². The van der Waals surface area contributed by atoms with Crippen LogP contribution in [0.25, 0.3) is 0 Å². The number of alkyl halides is 1. The third kappa shape index (κ3) is 1.38. The van der Waals surface area contributed by atoms with Crippen LogP contribution in [0.2, 0.25) is 0 Å². The van der Waals surface area contributed by atoms with E-state index in [-0.39, 0.29) is 6.79 Å². The van der Waals surface area contributed by atoms with Gasteiger partial charge in [-0.15, -0.1) is 0 Å². The SMILES string of the molecule is BrC1(c2ccccc2)OCOO1. The van der Waals surface area contributed by atoms with Gasteiger partial charge >= 0.3 is 0 Å². The fraction of sp³-hybridized carbons (Fsp3) is 0.250. The van der Waals surface area contributed by atoms with Crippen molar-refractivity contribution in [2.45, 2.75) is 4.70 Å². The molecule has 0 bridgehead atoms. The maximum absolute atomic E-state index is 5.20. The van der Waals surface area contributed by atoms with Gasteiger partial charge in [0.1, 0.15) is 0 Å². The Labute approximate surface area is 78.3 Å². The Morgan fingerprint density at radius 2 is 2.00 bits per heavy atom. The van der Waals surface area contributed by atoms with Crippen LogP contribution in [0, 0.1) is 0 Å². The molecule has 1 saturated heterocycles. The first kappa shape index (κ1) is 8.19. The summed E-state index contributed by atoms with van der Waals surface area (Å²) in [5.41, 5.74) is 0.877. The van der Waals surface area contributed by atoms with E-state index in [2.05, 4.69) is 20.8 Å². The van der Waals surface area contributed by atoms with E-state index in [0.717, 1.165) is 5.56 Å². The van der Waals surface area contributed by atoms with Gasteiger partial charge < -0.3 is 4.74 Å². The summed E-state index contributed by atoms with van der Waals surface area (Å²) in [7, 11) is 0. The Hall–Kier alpha value is -0.420. The molecule has 1 fully saturated rings. The molecule has 12 heavy (non-hydrogen) atoms. The van der Waals surface area contributed by atoms with Gasteiger partial charge in [-0.05, 0) is 15.9 Å². The molecule has 1 aromatic carbocycles. The Kier molecular flexibility index (Phi) is 2.14. The second kappa shape index (κ2) is 3.14. The monoisotopic (exact) mass is 230 g/mol. The highest BCUT2D eigenvalue weighted by molar-refractivity contribution is 9.09. The normalized spacial score (nSPS) is 29.1. The van der Waals surface area contributed by atoms with Crippen LogP contribution in [0.3, 0.4) is 0 Å². The fourth-order valence-electron chi connectivity index (χ4n) is 0.992. The van der Waals surface area contributed by atoms with Gasteiger partial charge in [-0.2, -0.15) is 4.89 Å². The Morgan fingerprint density at radius 1 is 1.25 bits per heavy atom. The van der Waals surface area contributed by atoms with Crippen molar-refractivity contribution in [3.8, 4) is 0 Å². The summed E-state index contributed by atoms with van der Waals surface area (Å²) in [6.07, 6.45) is 0. The van der Waals surface area contributed by atoms with E-state index >= 15 is 0 Å². The van der Waals surface area contributed by atoms with Crippen molar-refractivity contribution >= 4 is 15.9 Å². The first-order chi connectivity index (χ1) is 5.81. The second-order valence-electron chi connectivity index (χ2n) is 2.37. The molecular formula is C8H7BrO3. The van der Waals surface area contributed by atoms with Gasteiger partial charge in [0.15, 0.2) is 6.79 Å². The Morgan fingerprint density at radius 3 is 2.58 bits per heavy atom. The number of rotatable bonds is 1. The summed E-state index contributed by atoms with van der Waals surface area (Å²) in [5, 5.41) is 0. The molecule has 0 radical (unpaired) electrons. The molecule has 64 valence electrons. The molecule has 3 nitrogen and oxygen atoms in total. The number of benzene rings is 1. The molecule has 0 saturated carbocycles. The molecule has 4 heteroatoms. The highest BCUT2D eigenvalue weighted by Gasteiger charge is 2.37. The minimum atomic E-state index is -0.922. The average molecular weight is 231 g/mol. The van der Waals surface area contributed by atoms with Crippen molar-refractivity contribution in [1.82, 2.24) is 0 Å². The molecule has 0 aromatic heterocycles. The number of hydrogen-bond donors (Lipinski definition) is 0. The van der Waals surface area contributed by atoms with E-state index in [1.807, 2.05) is 30.3 Å². The number of hydrogen-bond acceptors (Lipinski definition) is 3. The fourth-order valence-corrected chi connectivity index (χ4v) is 1.44. The molecular weight excluding hydrogens is 224 g/mol. The quantitative estimate of drug-likeness (QED) is 0.547. The maximum atomic E-state index is 5.20. The van der Waals surface area contributed by atoms with Gasteiger partial charge in [0.2, 0.25) is 0 Å². The van der Waals surface area contributed by atoms with E-state index < -0.39 is 4.70 Å². The van der Waals surface area contributed by atoms with Gasteiger partial charge in [0.05, 0.1) is 0 Å². The molecule has 2 rings (SSSR count). The van der Waals surface area contributed by atoms with E-state index in [1.165, 1.54) is 0 Å². The highest BCUT2D eigenvalue weighted by atomic mass is 79.9. The van der Waals surface area contributed by atoms with Crippen LogP contribution in [0.15, 0.2) is 30.3 Å². The smallest absolute Gasteiger partial charge is 0.286 e. The largest absolute Gasteiger partial charge is 0.305 e. The minimum Gasteiger partial charge on any atom is -0.305 e. The maximum Gasteiger partial charge on any atom is 0.286 e. The zero-order chi connectivity index (χ0) is 8.44. The van der Waals surface area contributed by atoms with Gasteiger partial charge in [0.25, 0.3) is 4.70 Å². The van der Waals surface area contributed by atoms with Crippen molar-refractivity contribution in [3.05, 3.63) is 35.9 Å². The van der Waals surface area contributed by atoms with Gasteiger partial charge in [0, 0.05) is 5.56 Å². The van der Waals surface area contributed by atoms with Crippen LogP contribution in [-0.4, -0.2) is 6.79 Å². The first-order valence-corrected chi connectivity index (χ1v) is 4.29. The summed E-state index contributed by atoms with van der Waals surface area (Å²) < 4.78 is 4.28. The first-order valence-electron chi connectivity index (χ1n) is 3.50. The van der Waals surface area contributed by atoms with Gasteiger partial charge in [-0.3, -0.25) is 0 Å². The molecule has 0 amide bonds. The summed E-state index contributed by atoms with van der Waals surface area (Å²) in [6, 6.07) is 9.52. The summed E-state index contributed by atoms with van der Waals surface area (Å²) in [4.78, 5) is 9.57. The number of halogens is 1. The Bertz CT molecular complexity index is 256. The molecule has 1 heterocycles. The molecule has 1 aliphatic rings. The summed E-state index contributed by atoms with van der Waals surface area (Å²) in [5.74, 6) is 0. The zero-order valence-electron chi connectivity index (χ0n) is 6.20. The van der Waals surface area contributed by atoms with Crippen molar-refractivity contribution in [2.75, 3.05) is 6.79 Å². The molecule has 1 unspecified atom stereocenters. The van der Waals surface area contributed by atoms with E-state index in [9.17, 15) is 0 Å². The summed E-state index contributed by atoms with van der Waals surface area (Å²) >= 11 is 3.28. The molecule has 1 aliphatic heterocycles. The van der Waals surface area contributed by atoms with Crippen LogP contribution in [0.1, 0.15) is 5.56 Å². The lowest BCUT2D eigenvalue weighted by molar-refractivity contribution is -0.290. The zero-order valence-corrected chi connectivity index (χ0v) is 7.78. The van der Waals surface area contributed by atoms with Crippen molar-refractivity contribution < 1.29 is 14.5 Å². The molecule has 0 N–H and O–H groups in total. The number of ether oxygens (including phenoxy) is 1. The topological polar surface area (TPSA) is 27.7 Å². The minimum absolute atomic E-state index is 0.139. The van der Waals surface area contributed by atoms with Crippen LogP contribution in [0.4, 0.5) is 0 Å². The molecule has 0 spiro atoms. The lowest BCUT2D eigenvalue weighted by Gasteiger charge is -2.16. The summed E-state index contributed by atoms with van der Waals surface area (Å²) in [6.45, 7) is 0.139. The standard InChI is InChI=1S/C8H7BrO3/c9-8(10-6-11-12-8)7-4-2-1-3-5-7/h1-5H,6H2. The molecule has 1 atom stereocenters. The highest BCUT2D eigenvalue weighted by Crippen LogP contribution is 2.37. The molecule has 0 aliphatic carbocycles. The van der Waals surface area contributed by atoms with E-state index in [1.54, 1.807) is 0 Å². The lowest BCUT2D eigenvalue weighted by atomic mass is 10.2. The van der Waals surface area contributed by atoms with Crippen molar-refractivity contribution in [2.24, 2.45) is 0 Å².